The lowest BCUT2D eigenvalue weighted by Crippen LogP contribution is -2.26. The highest BCUT2D eigenvalue weighted by atomic mass is 16.1. The third-order valence-electron chi connectivity index (χ3n) is 7.94. The molecule has 0 amide bonds. The van der Waals surface area contributed by atoms with Gasteiger partial charge in [0.1, 0.15) is 0 Å². The summed E-state index contributed by atoms with van der Waals surface area (Å²) in [5, 5.41) is 14.5. The minimum Gasteiger partial charge on any atom is -0.296 e. The van der Waals surface area contributed by atoms with Gasteiger partial charge in [-0.25, -0.2) is 4.79 Å². The highest BCUT2D eigenvalue weighted by molar-refractivity contribution is 5.80. The number of benzene rings is 2. The molecular weight excluding hydrogens is 460 g/mol. The van der Waals surface area contributed by atoms with Crippen LogP contribution in [0.4, 0.5) is 0 Å². The molecule has 2 heterocycles. The van der Waals surface area contributed by atoms with Crippen LogP contribution < -0.4 is 5.69 Å². The van der Waals surface area contributed by atoms with Gasteiger partial charge < -0.3 is 0 Å². The van der Waals surface area contributed by atoms with E-state index in [1.807, 2.05) is 39.7 Å². The Hall–Kier alpha value is -3.48. The smallest absolute Gasteiger partial charge is 0.296 e. The van der Waals surface area contributed by atoms with E-state index in [2.05, 4.69) is 57.9 Å². The number of H-pyrrole nitrogens is 1. The monoisotopic (exact) mass is 498 g/mol. The van der Waals surface area contributed by atoms with E-state index >= 15 is 0 Å². The van der Waals surface area contributed by atoms with Crippen LogP contribution in [0.15, 0.2) is 65.7 Å². The summed E-state index contributed by atoms with van der Waals surface area (Å²) in [6, 6.07) is 16.6. The first kappa shape index (κ1) is 25.2. The molecule has 1 aliphatic carbocycles. The number of aromatic amines is 1. The van der Waals surface area contributed by atoms with E-state index in [0.717, 1.165) is 34.6 Å². The van der Waals surface area contributed by atoms with E-state index in [1.165, 1.54) is 57.8 Å². The van der Waals surface area contributed by atoms with E-state index in [-0.39, 0.29) is 11.7 Å². The number of aromatic nitrogens is 6. The Morgan fingerprint density at radius 1 is 0.946 bits per heavy atom. The Labute approximate surface area is 218 Å². The molecule has 37 heavy (non-hydrogen) atoms. The number of hydrogen-bond acceptors (Lipinski definition) is 4. The van der Waals surface area contributed by atoms with Crippen LogP contribution in [0.3, 0.4) is 0 Å². The fourth-order valence-electron chi connectivity index (χ4n) is 5.74. The topological polar surface area (TPSA) is 81.4 Å². The van der Waals surface area contributed by atoms with Crippen molar-refractivity contribution in [1.29, 1.82) is 0 Å². The molecule has 4 aromatic rings. The van der Waals surface area contributed by atoms with E-state index in [0.29, 0.717) is 12.4 Å². The summed E-state index contributed by atoms with van der Waals surface area (Å²) in [6.45, 7) is 2.73. The van der Waals surface area contributed by atoms with Gasteiger partial charge in [0.15, 0.2) is 0 Å². The van der Waals surface area contributed by atoms with Crippen LogP contribution in [0.5, 0.6) is 0 Å². The fourth-order valence-corrected chi connectivity index (χ4v) is 5.74. The van der Waals surface area contributed by atoms with Crippen LogP contribution in [0.2, 0.25) is 0 Å². The second kappa shape index (κ2) is 12.2. The predicted molar refractivity (Wildman–Crippen MR) is 147 cm³/mol. The van der Waals surface area contributed by atoms with Gasteiger partial charge in [-0.05, 0) is 41.2 Å². The summed E-state index contributed by atoms with van der Waals surface area (Å²) in [6.07, 6.45) is 17.3. The van der Waals surface area contributed by atoms with Gasteiger partial charge in [0.05, 0.1) is 6.54 Å². The van der Waals surface area contributed by atoms with E-state index in [4.69, 9.17) is 0 Å². The van der Waals surface area contributed by atoms with Gasteiger partial charge in [0, 0.05) is 24.0 Å². The van der Waals surface area contributed by atoms with E-state index in [1.54, 1.807) is 0 Å². The van der Waals surface area contributed by atoms with Gasteiger partial charge in [-0.15, -0.1) is 10.2 Å². The highest BCUT2D eigenvalue weighted by Gasteiger charge is 2.14. The SMILES string of the molecule is CC(CCCCCC1CCCCC1)n1ccn(Cc2ccc(-c3ccccc3-c3nn[nH]n3)cc2)c1=O. The van der Waals surface area contributed by atoms with Crippen LogP contribution in [0.1, 0.15) is 82.7 Å². The summed E-state index contributed by atoms with van der Waals surface area (Å²) in [4.78, 5) is 13.1. The van der Waals surface area contributed by atoms with Gasteiger partial charge >= 0.3 is 5.69 Å². The number of imidazole rings is 1. The molecule has 7 heteroatoms. The Morgan fingerprint density at radius 2 is 1.73 bits per heavy atom. The zero-order valence-electron chi connectivity index (χ0n) is 21.9. The highest BCUT2D eigenvalue weighted by Crippen LogP contribution is 2.30. The minimum absolute atomic E-state index is 0.0706. The molecule has 2 aromatic carbocycles. The normalized spacial score (nSPS) is 15.2. The quantitative estimate of drug-likeness (QED) is 0.235. The molecule has 0 bridgehead atoms. The molecular formula is C30H38N6O. The molecule has 1 N–H and O–H groups in total. The van der Waals surface area contributed by atoms with Crippen molar-refractivity contribution in [2.75, 3.05) is 0 Å². The van der Waals surface area contributed by atoms with Crippen molar-refractivity contribution in [3.8, 4) is 22.5 Å². The van der Waals surface area contributed by atoms with Crippen molar-refractivity contribution in [2.24, 2.45) is 5.92 Å². The average Bonchev–Trinajstić information content (AvgIpc) is 3.60. The largest absolute Gasteiger partial charge is 0.328 e. The van der Waals surface area contributed by atoms with Crippen molar-refractivity contribution >= 4 is 0 Å². The van der Waals surface area contributed by atoms with Crippen molar-refractivity contribution in [2.45, 2.75) is 83.7 Å². The molecule has 0 spiro atoms. The Balaban J connectivity index is 1.16. The average molecular weight is 499 g/mol. The molecule has 1 aliphatic rings. The molecule has 194 valence electrons. The second-order valence-electron chi connectivity index (χ2n) is 10.6. The van der Waals surface area contributed by atoms with Crippen molar-refractivity contribution in [3.05, 3.63) is 77.0 Å². The maximum Gasteiger partial charge on any atom is 0.328 e. The second-order valence-corrected chi connectivity index (χ2v) is 10.6. The van der Waals surface area contributed by atoms with Crippen molar-refractivity contribution in [3.63, 3.8) is 0 Å². The van der Waals surface area contributed by atoms with Gasteiger partial charge in [-0.3, -0.25) is 9.13 Å². The van der Waals surface area contributed by atoms with Gasteiger partial charge in [0.25, 0.3) is 0 Å². The lowest BCUT2D eigenvalue weighted by Gasteiger charge is -2.21. The number of rotatable bonds is 11. The molecule has 1 unspecified atom stereocenters. The predicted octanol–water partition coefficient (Wildman–Crippen LogP) is 6.64. The lowest BCUT2D eigenvalue weighted by molar-refractivity contribution is 0.326. The molecule has 1 atom stereocenters. The maximum absolute atomic E-state index is 13.1. The molecule has 0 radical (unpaired) electrons. The number of nitrogens with one attached hydrogen (secondary N) is 1. The third-order valence-corrected chi connectivity index (χ3v) is 7.94. The van der Waals surface area contributed by atoms with Crippen LogP contribution in [-0.4, -0.2) is 29.8 Å². The zero-order valence-corrected chi connectivity index (χ0v) is 21.9. The first-order valence-electron chi connectivity index (χ1n) is 13.9. The molecule has 1 saturated carbocycles. The summed E-state index contributed by atoms with van der Waals surface area (Å²) < 4.78 is 3.71. The van der Waals surface area contributed by atoms with Gasteiger partial charge in [0.2, 0.25) is 5.82 Å². The Bertz CT molecular complexity index is 1300. The van der Waals surface area contributed by atoms with Crippen molar-refractivity contribution in [1.82, 2.24) is 29.8 Å². The lowest BCUT2D eigenvalue weighted by atomic mass is 9.85. The van der Waals surface area contributed by atoms with Crippen LogP contribution in [0, 0.1) is 5.92 Å². The van der Waals surface area contributed by atoms with Crippen LogP contribution >= 0.6 is 0 Å². The summed E-state index contributed by atoms with van der Waals surface area (Å²) >= 11 is 0. The van der Waals surface area contributed by atoms with E-state index < -0.39 is 0 Å². The molecule has 7 nitrogen and oxygen atoms in total. The standard InChI is InChI=1S/C30H38N6O/c1-23(10-4-2-5-11-24-12-6-3-7-13-24)36-21-20-35(30(36)37)22-25-16-18-26(19-17-25)27-14-8-9-15-28(27)29-31-33-34-32-29/h8-9,14-21,23-24H,2-7,10-13,22H2,1H3,(H,31,32,33,34). The first-order valence-corrected chi connectivity index (χ1v) is 13.9. The number of nitrogens with zero attached hydrogens (tertiary/aromatic N) is 5. The van der Waals surface area contributed by atoms with E-state index in [9.17, 15) is 4.79 Å². The molecule has 0 aliphatic heterocycles. The number of tetrazole rings is 1. The summed E-state index contributed by atoms with van der Waals surface area (Å²) in [5.41, 5.74) is 4.22. The summed E-state index contributed by atoms with van der Waals surface area (Å²) in [7, 11) is 0. The summed E-state index contributed by atoms with van der Waals surface area (Å²) in [5.74, 6) is 1.54. The van der Waals surface area contributed by atoms with Gasteiger partial charge in [-0.1, -0.05) is 106 Å². The Kier molecular flexibility index (Phi) is 8.28. The van der Waals surface area contributed by atoms with Crippen LogP contribution in [0.25, 0.3) is 22.5 Å². The number of unbranched alkanes of at least 4 members (excludes halogenated alkanes) is 2. The van der Waals surface area contributed by atoms with Crippen LogP contribution in [-0.2, 0) is 6.54 Å². The third kappa shape index (κ3) is 6.27. The Morgan fingerprint density at radius 3 is 2.49 bits per heavy atom. The maximum atomic E-state index is 13.1. The fraction of sp³-hybridized carbons (Fsp3) is 0.467. The molecule has 0 saturated heterocycles. The first-order chi connectivity index (χ1) is 18.2. The van der Waals surface area contributed by atoms with Crippen molar-refractivity contribution < 1.29 is 0 Å². The zero-order chi connectivity index (χ0) is 25.5. The number of hydrogen-bond donors (Lipinski definition) is 1. The molecule has 2 aromatic heterocycles. The molecule has 1 fully saturated rings. The molecule has 5 rings (SSSR count). The minimum atomic E-state index is 0.0706. The van der Waals surface area contributed by atoms with Gasteiger partial charge in [-0.2, -0.15) is 5.21 Å².